The molecule has 0 atom stereocenters. The minimum atomic E-state index is -0.272. The SMILES string of the molecule is OCC(I)(I)C(I)(I)C(I)(I)C(I)(I)C(I)(I)C(I)(I)C(I)(I)I. The first kappa shape index (κ1) is 34.9. The smallest absolute Gasteiger partial charge is 0.149 e. The molecule has 0 radical (unpaired) electrons. The highest BCUT2D eigenvalue weighted by Crippen LogP contribution is 2.77. The lowest BCUT2D eigenvalue weighted by Gasteiger charge is -2.56. The molecule has 0 aromatic carbocycles. The number of aliphatic hydroxyl groups is 1. The molecular weight excluding hydrogens is 2020 g/mol. The zero-order chi connectivity index (χ0) is 20.2. The molecule has 146 valence electrons. The van der Waals surface area contributed by atoms with Crippen molar-refractivity contribution in [3.8, 4) is 0 Å². The normalized spacial score (nSPS) is 16.5. The Labute approximate surface area is 347 Å². The number of hydrogen-bond donors (Lipinski definition) is 1. The topological polar surface area (TPSA) is 20.2 Å². The molecular formula is C8H3I15O. The van der Waals surface area contributed by atoms with Gasteiger partial charge in [-0.05, 0) is 0 Å². The van der Waals surface area contributed by atoms with E-state index in [1.807, 2.05) is 0 Å². The van der Waals surface area contributed by atoms with Crippen molar-refractivity contribution in [1.29, 1.82) is 0 Å². The minimum absolute atomic E-state index is 0.00985. The van der Waals surface area contributed by atoms with Gasteiger partial charge in [-0.1, -0.05) is 339 Å². The molecule has 0 fully saturated rings. The molecule has 0 saturated heterocycles. The van der Waals surface area contributed by atoms with Crippen LogP contribution in [0.2, 0.25) is 0 Å². The Bertz CT molecular complexity index is 461. The van der Waals surface area contributed by atoms with E-state index in [4.69, 9.17) is 0 Å². The van der Waals surface area contributed by atoms with Crippen molar-refractivity contribution in [1.82, 2.24) is 0 Å². The van der Waals surface area contributed by atoms with Crippen LogP contribution in [0.15, 0.2) is 0 Å². The lowest BCUT2D eigenvalue weighted by atomic mass is 10.1. The van der Waals surface area contributed by atoms with Crippen molar-refractivity contribution >= 4 is 339 Å². The van der Waals surface area contributed by atoms with E-state index in [0.29, 0.717) is 0 Å². The van der Waals surface area contributed by atoms with Crippen molar-refractivity contribution in [2.45, 2.75) is 8.01 Å². The van der Waals surface area contributed by atoms with E-state index in [1.54, 1.807) is 0 Å². The summed E-state index contributed by atoms with van der Waals surface area (Å²) in [7, 11) is 0. The monoisotopic (exact) mass is 2020 g/mol. The molecule has 0 aromatic heterocycles. The number of halogens is 15. The Morgan fingerprint density at radius 3 is 0.917 bits per heavy atom. The van der Waals surface area contributed by atoms with Crippen LogP contribution in [-0.4, -0.2) is 19.7 Å². The van der Waals surface area contributed by atoms with Gasteiger partial charge in [0.15, 0.2) is 0 Å². The standard InChI is InChI=1S/C8H3I15O/c9-2(10,1-24)3(11,12)4(13,14)5(15,16)6(17,18)7(19,20)8(21,22)23/h24H,1H2. The van der Waals surface area contributed by atoms with Gasteiger partial charge in [-0.3, -0.25) is 0 Å². The van der Waals surface area contributed by atoms with Gasteiger partial charge >= 0.3 is 0 Å². The summed E-state index contributed by atoms with van der Waals surface area (Å²) in [6, 6.07) is 0. The summed E-state index contributed by atoms with van der Waals surface area (Å²) < 4.78 is -0.713. The highest BCUT2D eigenvalue weighted by molar-refractivity contribution is 14.3. The fraction of sp³-hybridized carbons (Fsp3) is 1.00. The molecule has 0 aliphatic rings. The van der Waals surface area contributed by atoms with Crippen LogP contribution in [0.3, 0.4) is 0 Å². The molecule has 0 spiro atoms. The molecule has 0 heterocycles. The van der Waals surface area contributed by atoms with Gasteiger partial charge in [0.1, 0.15) is 8.01 Å². The van der Waals surface area contributed by atoms with Gasteiger partial charge < -0.3 is 5.11 Å². The van der Waals surface area contributed by atoms with Gasteiger partial charge in [-0.15, -0.1) is 0 Å². The second-order valence-corrected chi connectivity index (χ2v) is 47.5. The van der Waals surface area contributed by atoms with Crippen molar-refractivity contribution in [3.63, 3.8) is 0 Å². The fourth-order valence-corrected chi connectivity index (χ4v) is 21.4. The zero-order valence-corrected chi connectivity index (χ0v) is 42.7. The van der Waals surface area contributed by atoms with E-state index in [2.05, 4.69) is 339 Å². The highest BCUT2D eigenvalue weighted by atomic mass is 127. The summed E-state index contributed by atoms with van der Waals surface area (Å²) in [5, 5.41) is 10.0. The van der Waals surface area contributed by atoms with E-state index in [9.17, 15) is 5.11 Å². The maximum absolute atomic E-state index is 10.0. The van der Waals surface area contributed by atoms with Crippen LogP contribution >= 0.6 is 339 Å². The third-order valence-electron chi connectivity index (χ3n) is 2.59. The molecule has 0 aromatic rings. The predicted molar refractivity (Wildman–Crippen MR) is 237 cm³/mol. The van der Waals surface area contributed by atoms with Crippen LogP contribution in [0.4, 0.5) is 0 Å². The zero-order valence-electron chi connectivity index (χ0n) is 10.3. The third kappa shape index (κ3) is 7.27. The minimum Gasteiger partial charge on any atom is -0.394 e. The highest BCUT2D eigenvalue weighted by Gasteiger charge is 2.74. The average Bonchev–Trinajstić information content (AvgIpc) is 2.36. The first-order valence-electron chi connectivity index (χ1n) is 5.00. The second kappa shape index (κ2) is 12.6. The molecule has 0 aliphatic carbocycles. The maximum Gasteiger partial charge on any atom is 0.149 e. The molecule has 0 saturated carbocycles. The number of alkyl halides is 15. The first-order valence-corrected chi connectivity index (χ1v) is 21.2. The van der Waals surface area contributed by atoms with E-state index >= 15 is 0 Å². The van der Waals surface area contributed by atoms with Crippen LogP contribution < -0.4 is 0 Å². The van der Waals surface area contributed by atoms with Gasteiger partial charge in [0.05, 0.1) is 6.61 Å². The average molecular weight is 2020 g/mol. The Morgan fingerprint density at radius 1 is 0.417 bits per heavy atom. The van der Waals surface area contributed by atoms with Crippen LogP contribution in [0.1, 0.15) is 0 Å². The van der Waals surface area contributed by atoms with E-state index in [1.165, 1.54) is 0 Å². The largest absolute Gasteiger partial charge is 0.394 e. The summed E-state index contributed by atoms with van der Waals surface area (Å²) >= 11 is 38.6. The molecule has 0 rings (SSSR count). The van der Waals surface area contributed by atoms with Crippen molar-refractivity contribution in [3.05, 3.63) is 0 Å². The van der Waals surface area contributed by atoms with Gasteiger partial charge in [0.2, 0.25) is 0 Å². The fourth-order valence-electron chi connectivity index (χ4n) is 1.10. The van der Waals surface area contributed by atoms with Gasteiger partial charge in [0, 0.05) is 0 Å². The number of hydrogen-bond acceptors (Lipinski definition) is 1. The quantitative estimate of drug-likeness (QED) is 0.199. The lowest BCUT2D eigenvalue weighted by Crippen LogP contribution is -2.65. The molecule has 0 unspecified atom stereocenters. The van der Waals surface area contributed by atoms with Crippen LogP contribution in [0.25, 0.3) is 0 Å². The van der Waals surface area contributed by atoms with E-state index in [-0.39, 0.29) is 14.6 Å². The van der Waals surface area contributed by atoms with E-state index in [0.717, 1.165) is 0 Å². The van der Waals surface area contributed by atoms with E-state index < -0.39 is 0 Å². The Balaban J connectivity index is 6.42. The lowest BCUT2D eigenvalue weighted by molar-refractivity contribution is 0.291. The summed E-state index contributed by atoms with van der Waals surface area (Å²) in [4.78, 5) is 0. The Hall–Kier alpha value is 10.9. The van der Waals surface area contributed by atoms with Crippen molar-refractivity contribution in [2.24, 2.45) is 0 Å². The molecule has 1 nitrogen and oxygen atoms in total. The molecule has 0 bridgehead atoms. The molecule has 1 N–H and O–H groups in total. The molecule has 24 heavy (non-hydrogen) atoms. The Kier molecular flexibility index (Phi) is 18.4. The predicted octanol–water partition coefficient (Wildman–Crippen LogP) is 11.3. The first-order chi connectivity index (χ1) is 10.1. The van der Waals surface area contributed by atoms with Crippen LogP contribution in [-0.2, 0) is 0 Å². The third-order valence-corrected chi connectivity index (χ3v) is 50.6. The van der Waals surface area contributed by atoms with Crippen LogP contribution in [0.5, 0.6) is 0 Å². The summed E-state index contributed by atoms with van der Waals surface area (Å²) in [5.41, 5.74) is 0. The van der Waals surface area contributed by atoms with Gasteiger partial charge in [0.25, 0.3) is 0 Å². The molecule has 0 aliphatic heterocycles. The van der Waals surface area contributed by atoms with Gasteiger partial charge in [-0.25, -0.2) is 0 Å². The number of aliphatic hydroxyl groups excluding tert-OH is 1. The number of rotatable bonds is 7. The van der Waals surface area contributed by atoms with Gasteiger partial charge in [-0.2, -0.15) is 0 Å². The van der Waals surface area contributed by atoms with Crippen molar-refractivity contribution in [2.75, 3.05) is 6.61 Å². The van der Waals surface area contributed by atoms with Crippen molar-refractivity contribution < 1.29 is 5.11 Å². The van der Waals surface area contributed by atoms with Crippen LogP contribution in [0, 0.1) is 0 Å². The summed E-state index contributed by atoms with van der Waals surface area (Å²) in [6.07, 6.45) is 0. The molecule has 16 heteroatoms. The summed E-state index contributed by atoms with van der Waals surface area (Å²) in [6.45, 7) is 0.140. The second-order valence-electron chi connectivity index (χ2n) is 4.23. The maximum atomic E-state index is 10.0. The molecule has 0 amide bonds. The summed E-state index contributed by atoms with van der Waals surface area (Å²) in [5.74, 6) is 0. The Morgan fingerprint density at radius 2 is 0.667 bits per heavy atom.